The Morgan fingerprint density at radius 3 is 2.92 bits per heavy atom. The van der Waals surface area contributed by atoms with Gasteiger partial charge in [0, 0.05) is 13.1 Å². The molecule has 0 radical (unpaired) electrons. The minimum absolute atomic E-state index is 0.0359. The molecule has 68 valence electrons. The molecule has 3 N–H and O–H groups in total. The van der Waals surface area contributed by atoms with Crippen molar-refractivity contribution < 1.29 is 10.0 Å². The van der Waals surface area contributed by atoms with Crippen molar-refractivity contribution >= 4 is 5.91 Å². The molecule has 2 rings (SSSR count). The molecule has 12 heavy (non-hydrogen) atoms. The van der Waals surface area contributed by atoms with Crippen molar-refractivity contribution in [2.24, 2.45) is 11.3 Å². The van der Waals surface area contributed by atoms with Gasteiger partial charge in [0.05, 0.1) is 5.92 Å². The van der Waals surface area contributed by atoms with E-state index in [4.69, 9.17) is 5.21 Å². The Kier molecular flexibility index (Phi) is 1.81. The summed E-state index contributed by atoms with van der Waals surface area (Å²) in [5.41, 5.74) is 2.12. The summed E-state index contributed by atoms with van der Waals surface area (Å²) in [5.74, 6) is -0.278. The summed E-state index contributed by atoms with van der Waals surface area (Å²) >= 11 is 0. The van der Waals surface area contributed by atoms with Crippen LogP contribution in [0.15, 0.2) is 0 Å². The number of piperidine rings is 1. The lowest BCUT2D eigenvalue weighted by molar-refractivity contribution is -0.134. The molecule has 1 saturated carbocycles. The highest BCUT2D eigenvalue weighted by molar-refractivity contribution is 5.77. The number of nitrogens with one attached hydrogen (secondary N) is 2. The molecule has 1 amide bonds. The van der Waals surface area contributed by atoms with Gasteiger partial charge in [-0.2, -0.15) is 0 Å². The van der Waals surface area contributed by atoms with Gasteiger partial charge in [0.15, 0.2) is 0 Å². The Balaban J connectivity index is 1.94. The predicted molar refractivity (Wildman–Crippen MR) is 42.6 cm³/mol. The topological polar surface area (TPSA) is 61.4 Å². The van der Waals surface area contributed by atoms with Crippen LogP contribution in [0.2, 0.25) is 0 Å². The summed E-state index contributed by atoms with van der Waals surface area (Å²) < 4.78 is 0. The number of carbonyl (C=O) groups excluding carboxylic acids is 1. The molecular formula is C8H14N2O2. The van der Waals surface area contributed by atoms with Crippen molar-refractivity contribution in [2.45, 2.75) is 19.3 Å². The van der Waals surface area contributed by atoms with Gasteiger partial charge in [-0.05, 0) is 24.7 Å². The molecule has 1 aliphatic heterocycles. The zero-order valence-electron chi connectivity index (χ0n) is 6.97. The van der Waals surface area contributed by atoms with Gasteiger partial charge in [0.1, 0.15) is 0 Å². The van der Waals surface area contributed by atoms with Gasteiger partial charge in [-0.1, -0.05) is 0 Å². The lowest BCUT2D eigenvalue weighted by Crippen LogP contribution is -2.44. The highest BCUT2D eigenvalue weighted by Crippen LogP contribution is 2.51. The van der Waals surface area contributed by atoms with E-state index in [1.807, 2.05) is 0 Å². The van der Waals surface area contributed by atoms with Crippen molar-refractivity contribution in [2.75, 3.05) is 13.1 Å². The largest absolute Gasteiger partial charge is 0.315 e. The fraction of sp³-hybridized carbons (Fsp3) is 0.875. The Labute approximate surface area is 71.3 Å². The first-order valence-corrected chi connectivity index (χ1v) is 4.40. The molecule has 1 unspecified atom stereocenters. The molecule has 4 heteroatoms. The molecule has 0 bridgehead atoms. The zero-order valence-corrected chi connectivity index (χ0v) is 6.97. The molecule has 0 aromatic heterocycles. The predicted octanol–water partition coefficient (Wildman–Crippen LogP) is -0.119. The average molecular weight is 170 g/mol. The second-order valence-corrected chi connectivity index (χ2v) is 4.01. The number of hydrogen-bond acceptors (Lipinski definition) is 3. The standard InChI is InChI=1S/C8H14N2O2/c11-7(10-12)6-3-8(1-2-8)5-9-4-6/h6,9,12H,1-5H2,(H,10,11). The van der Waals surface area contributed by atoms with Crippen LogP contribution in [-0.4, -0.2) is 24.2 Å². The third-order valence-electron chi connectivity index (χ3n) is 3.01. The third-order valence-corrected chi connectivity index (χ3v) is 3.01. The van der Waals surface area contributed by atoms with Crippen LogP contribution in [0.1, 0.15) is 19.3 Å². The summed E-state index contributed by atoms with van der Waals surface area (Å²) in [7, 11) is 0. The van der Waals surface area contributed by atoms with Crippen LogP contribution < -0.4 is 10.8 Å². The van der Waals surface area contributed by atoms with Crippen molar-refractivity contribution in [1.29, 1.82) is 0 Å². The van der Waals surface area contributed by atoms with E-state index in [0.717, 1.165) is 13.0 Å². The third kappa shape index (κ3) is 1.32. The molecule has 1 saturated heterocycles. The van der Waals surface area contributed by atoms with E-state index in [0.29, 0.717) is 12.0 Å². The molecule has 4 nitrogen and oxygen atoms in total. The monoisotopic (exact) mass is 170 g/mol. The van der Waals surface area contributed by atoms with E-state index in [1.165, 1.54) is 12.8 Å². The van der Waals surface area contributed by atoms with E-state index in [2.05, 4.69) is 5.32 Å². The average Bonchev–Trinajstić information content (AvgIpc) is 2.84. The van der Waals surface area contributed by atoms with Crippen molar-refractivity contribution in [3.63, 3.8) is 0 Å². The lowest BCUT2D eigenvalue weighted by atomic mass is 9.87. The highest BCUT2D eigenvalue weighted by Gasteiger charge is 2.47. The van der Waals surface area contributed by atoms with Gasteiger partial charge in [0.2, 0.25) is 5.91 Å². The quantitative estimate of drug-likeness (QED) is 0.380. The lowest BCUT2D eigenvalue weighted by Gasteiger charge is -2.28. The van der Waals surface area contributed by atoms with Gasteiger partial charge >= 0.3 is 0 Å². The maximum absolute atomic E-state index is 11.1. The zero-order chi connectivity index (χ0) is 8.60. The highest BCUT2D eigenvalue weighted by atomic mass is 16.5. The van der Waals surface area contributed by atoms with E-state index in [9.17, 15) is 4.79 Å². The molecule has 2 fully saturated rings. The summed E-state index contributed by atoms with van der Waals surface area (Å²) in [5, 5.41) is 11.7. The normalized spacial score (nSPS) is 31.6. The second-order valence-electron chi connectivity index (χ2n) is 4.01. The van der Waals surface area contributed by atoms with Crippen LogP contribution in [0.5, 0.6) is 0 Å². The smallest absolute Gasteiger partial charge is 0.247 e. The minimum atomic E-state index is -0.242. The SMILES string of the molecule is O=C(NO)C1CNCC2(CC2)C1. The van der Waals surface area contributed by atoms with E-state index in [1.54, 1.807) is 5.48 Å². The molecule has 1 aliphatic carbocycles. The summed E-state index contributed by atoms with van der Waals surface area (Å²) in [6.07, 6.45) is 3.40. The van der Waals surface area contributed by atoms with Crippen molar-refractivity contribution in [1.82, 2.24) is 10.8 Å². The van der Waals surface area contributed by atoms with Crippen LogP contribution in [0, 0.1) is 11.3 Å². The van der Waals surface area contributed by atoms with Gasteiger partial charge in [-0.15, -0.1) is 0 Å². The maximum Gasteiger partial charge on any atom is 0.247 e. The Morgan fingerprint density at radius 1 is 1.58 bits per heavy atom. The maximum atomic E-state index is 11.1. The molecule has 1 spiro atoms. The van der Waals surface area contributed by atoms with Gasteiger partial charge in [-0.25, -0.2) is 5.48 Å². The van der Waals surface area contributed by atoms with Crippen molar-refractivity contribution in [3.05, 3.63) is 0 Å². The van der Waals surface area contributed by atoms with Gasteiger partial charge < -0.3 is 5.32 Å². The molecule has 2 aliphatic rings. The fourth-order valence-corrected chi connectivity index (χ4v) is 2.01. The number of hydroxylamine groups is 1. The second kappa shape index (κ2) is 2.71. The Morgan fingerprint density at radius 2 is 2.33 bits per heavy atom. The molecule has 0 aromatic rings. The number of hydrogen-bond donors (Lipinski definition) is 3. The van der Waals surface area contributed by atoms with Crippen LogP contribution in [0.3, 0.4) is 0 Å². The minimum Gasteiger partial charge on any atom is -0.315 e. The number of rotatable bonds is 1. The molecule has 1 atom stereocenters. The van der Waals surface area contributed by atoms with E-state index >= 15 is 0 Å². The van der Waals surface area contributed by atoms with Crippen LogP contribution >= 0.6 is 0 Å². The molecule has 0 aromatic carbocycles. The fourth-order valence-electron chi connectivity index (χ4n) is 2.01. The Bertz CT molecular complexity index is 201. The number of amides is 1. The van der Waals surface area contributed by atoms with Crippen LogP contribution in [0.4, 0.5) is 0 Å². The summed E-state index contributed by atoms with van der Waals surface area (Å²) in [4.78, 5) is 11.1. The van der Waals surface area contributed by atoms with Crippen molar-refractivity contribution in [3.8, 4) is 0 Å². The Hall–Kier alpha value is -0.610. The van der Waals surface area contributed by atoms with Gasteiger partial charge in [-0.3, -0.25) is 10.0 Å². The first-order chi connectivity index (χ1) is 5.76. The van der Waals surface area contributed by atoms with Crippen LogP contribution in [-0.2, 0) is 4.79 Å². The number of carbonyl (C=O) groups is 1. The van der Waals surface area contributed by atoms with E-state index in [-0.39, 0.29) is 11.8 Å². The first-order valence-electron chi connectivity index (χ1n) is 4.40. The molecule has 1 heterocycles. The van der Waals surface area contributed by atoms with E-state index < -0.39 is 0 Å². The van der Waals surface area contributed by atoms with Gasteiger partial charge in [0.25, 0.3) is 0 Å². The summed E-state index contributed by atoms with van der Waals surface area (Å²) in [6, 6.07) is 0. The van der Waals surface area contributed by atoms with Crippen LogP contribution in [0.25, 0.3) is 0 Å². The summed E-state index contributed by atoms with van der Waals surface area (Å²) in [6.45, 7) is 1.75. The molecular weight excluding hydrogens is 156 g/mol. The first kappa shape index (κ1) is 8.01.